The van der Waals surface area contributed by atoms with E-state index in [2.05, 4.69) is 0 Å². The molecule has 0 saturated heterocycles. The number of nitrogens with zero attached hydrogens (tertiary/aromatic N) is 1. The topological polar surface area (TPSA) is 80.8 Å². The highest BCUT2D eigenvalue weighted by Gasteiger charge is 2.25. The van der Waals surface area contributed by atoms with E-state index >= 15 is 0 Å². The van der Waals surface area contributed by atoms with Crippen molar-refractivity contribution in [3.8, 4) is 0 Å². The van der Waals surface area contributed by atoms with Crippen LogP contribution in [0.25, 0.3) is 0 Å². The SMILES string of the molecule is CS(=O)(=O)N1CCCc2cc(C(=O)COC(=O)c3csc4c3CCCC4)ccc21. The number of ether oxygens (including phenoxy) is 1. The highest BCUT2D eigenvalue weighted by Crippen LogP contribution is 2.31. The predicted molar refractivity (Wildman–Crippen MR) is 113 cm³/mol. The summed E-state index contributed by atoms with van der Waals surface area (Å²) in [6.07, 6.45) is 6.71. The average Bonchev–Trinajstić information content (AvgIpc) is 3.14. The van der Waals surface area contributed by atoms with E-state index in [1.807, 2.05) is 5.38 Å². The summed E-state index contributed by atoms with van der Waals surface area (Å²) in [6.45, 7) is 0.125. The second kappa shape index (κ2) is 7.91. The summed E-state index contributed by atoms with van der Waals surface area (Å²) < 4.78 is 30.6. The van der Waals surface area contributed by atoms with E-state index in [0.29, 0.717) is 36.2 Å². The molecule has 2 heterocycles. The number of sulfonamides is 1. The first kappa shape index (κ1) is 20.1. The summed E-state index contributed by atoms with van der Waals surface area (Å²) in [7, 11) is -3.35. The smallest absolute Gasteiger partial charge is 0.339 e. The van der Waals surface area contributed by atoms with Crippen molar-refractivity contribution in [2.75, 3.05) is 23.7 Å². The molecule has 0 unspecified atom stereocenters. The number of fused-ring (bicyclic) bond motifs is 2. The van der Waals surface area contributed by atoms with Crippen LogP contribution in [0.2, 0.25) is 0 Å². The van der Waals surface area contributed by atoms with Crippen molar-refractivity contribution in [3.63, 3.8) is 0 Å². The Morgan fingerprint density at radius 3 is 2.72 bits per heavy atom. The molecule has 29 heavy (non-hydrogen) atoms. The minimum absolute atomic E-state index is 0.290. The van der Waals surface area contributed by atoms with Crippen molar-refractivity contribution >= 4 is 38.8 Å². The van der Waals surface area contributed by atoms with Gasteiger partial charge in [0.1, 0.15) is 0 Å². The molecule has 1 aliphatic carbocycles. The number of thiophene rings is 1. The van der Waals surface area contributed by atoms with Crippen molar-refractivity contribution in [3.05, 3.63) is 50.7 Å². The molecule has 1 aromatic heterocycles. The third-order valence-electron chi connectivity index (χ3n) is 5.49. The van der Waals surface area contributed by atoms with Crippen LogP contribution in [0.3, 0.4) is 0 Å². The Morgan fingerprint density at radius 2 is 1.93 bits per heavy atom. The zero-order chi connectivity index (χ0) is 20.6. The first-order valence-electron chi connectivity index (χ1n) is 9.75. The average molecular weight is 434 g/mol. The van der Waals surface area contributed by atoms with Crippen LogP contribution in [0.15, 0.2) is 23.6 Å². The number of hydrogen-bond donors (Lipinski definition) is 0. The maximum Gasteiger partial charge on any atom is 0.339 e. The molecule has 0 amide bonds. The van der Waals surface area contributed by atoms with E-state index < -0.39 is 16.0 Å². The first-order chi connectivity index (χ1) is 13.8. The molecule has 0 saturated carbocycles. The number of anilines is 1. The molecular formula is C21H23NO5S2. The molecule has 0 atom stereocenters. The molecule has 0 radical (unpaired) electrons. The second-order valence-electron chi connectivity index (χ2n) is 7.54. The lowest BCUT2D eigenvalue weighted by Crippen LogP contribution is -2.34. The normalized spacial score (nSPS) is 16.1. The highest BCUT2D eigenvalue weighted by atomic mass is 32.2. The Labute approximate surface area is 174 Å². The van der Waals surface area contributed by atoms with Gasteiger partial charge in [0.15, 0.2) is 12.4 Å². The summed E-state index contributed by atoms with van der Waals surface area (Å²) in [5.74, 6) is -0.735. The van der Waals surface area contributed by atoms with Gasteiger partial charge in [0.25, 0.3) is 0 Å². The van der Waals surface area contributed by atoms with Gasteiger partial charge >= 0.3 is 5.97 Å². The number of carbonyl (C=O) groups is 2. The van der Waals surface area contributed by atoms with Crippen LogP contribution in [-0.4, -0.2) is 39.6 Å². The van der Waals surface area contributed by atoms with Gasteiger partial charge in [-0.25, -0.2) is 13.2 Å². The number of Topliss-reactive ketones (excluding diaryl/α,β-unsaturated/α-hetero) is 1. The van der Waals surface area contributed by atoms with Crippen LogP contribution in [0.5, 0.6) is 0 Å². The first-order valence-corrected chi connectivity index (χ1v) is 12.5. The molecule has 1 aromatic carbocycles. The van der Waals surface area contributed by atoms with Gasteiger partial charge in [-0.05, 0) is 67.9 Å². The van der Waals surface area contributed by atoms with Gasteiger partial charge in [0.05, 0.1) is 17.5 Å². The lowest BCUT2D eigenvalue weighted by Gasteiger charge is -2.29. The molecule has 2 aliphatic rings. The van der Waals surface area contributed by atoms with E-state index in [-0.39, 0.29) is 12.4 Å². The lowest BCUT2D eigenvalue weighted by molar-refractivity contribution is 0.0474. The maximum atomic E-state index is 12.6. The Balaban J connectivity index is 1.45. The van der Waals surface area contributed by atoms with Crippen molar-refractivity contribution in [1.82, 2.24) is 0 Å². The van der Waals surface area contributed by atoms with Crippen molar-refractivity contribution in [2.45, 2.75) is 38.5 Å². The molecule has 0 spiro atoms. The third-order valence-corrected chi connectivity index (χ3v) is 7.76. The third kappa shape index (κ3) is 4.09. The number of esters is 1. The lowest BCUT2D eigenvalue weighted by atomic mass is 9.96. The molecule has 0 fully saturated rings. The van der Waals surface area contributed by atoms with Crippen LogP contribution < -0.4 is 4.31 Å². The summed E-state index contributed by atoms with van der Waals surface area (Å²) in [6, 6.07) is 4.99. The molecule has 1 aliphatic heterocycles. The minimum atomic E-state index is -3.35. The minimum Gasteiger partial charge on any atom is -0.454 e. The number of rotatable bonds is 5. The van der Waals surface area contributed by atoms with Crippen molar-refractivity contribution < 1.29 is 22.7 Å². The van der Waals surface area contributed by atoms with E-state index in [9.17, 15) is 18.0 Å². The van der Waals surface area contributed by atoms with E-state index in [4.69, 9.17) is 4.74 Å². The van der Waals surface area contributed by atoms with Gasteiger partial charge in [0, 0.05) is 22.4 Å². The zero-order valence-electron chi connectivity index (χ0n) is 16.3. The summed E-state index contributed by atoms with van der Waals surface area (Å²) >= 11 is 1.59. The molecule has 8 heteroatoms. The predicted octanol–water partition coefficient (Wildman–Crippen LogP) is 3.38. The van der Waals surface area contributed by atoms with Gasteiger partial charge in [-0.2, -0.15) is 0 Å². The van der Waals surface area contributed by atoms with Gasteiger partial charge in [-0.1, -0.05) is 0 Å². The number of benzene rings is 1. The van der Waals surface area contributed by atoms with Gasteiger partial charge in [0.2, 0.25) is 10.0 Å². The van der Waals surface area contributed by atoms with Crippen LogP contribution in [0, 0.1) is 0 Å². The monoisotopic (exact) mass is 433 g/mol. The van der Waals surface area contributed by atoms with Gasteiger partial charge in [-0.3, -0.25) is 9.10 Å². The molecule has 0 N–H and O–H groups in total. The van der Waals surface area contributed by atoms with E-state index in [0.717, 1.165) is 36.8 Å². The Morgan fingerprint density at radius 1 is 1.14 bits per heavy atom. The quantitative estimate of drug-likeness (QED) is 0.533. The maximum absolute atomic E-state index is 12.6. The van der Waals surface area contributed by atoms with Crippen LogP contribution in [0.4, 0.5) is 5.69 Å². The Hall–Kier alpha value is -2.19. The van der Waals surface area contributed by atoms with Gasteiger partial charge < -0.3 is 4.74 Å². The summed E-state index contributed by atoms with van der Waals surface area (Å²) in [4.78, 5) is 26.3. The molecule has 4 rings (SSSR count). The Kier molecular flexibility index (Phi) is 5.48. The highest BCUT2D eigenvalue weighted by molar-refractivity contribution is 7.92. The standard InChI is InChI=1S/C21H23NO5S2/c1-29(25,26)22-10-4-5-14-11-15(8-9-18(14)22)19(23)12-27-21(24)17-13-28-20-7-3-2-6-16(17)20/h8-9,11,13H,2-7,10,12H2,1H3. The zero-order valence-corrected chi connectivity index (χ0v) is 17.9. The fraction of sp³-hybridized carbons (Fsp3) is 0.429. The van der Waals surface area contributed by atoms with E-state index in [1.165, 1.54) is 15.4 Å². The van der Waals surface area contributed by atoms with E-state index in [1.54, 1.807) is 29.5 Å². The molecule has 2 aromatic rings. The van der Waals surface area contributed by atoms with Crippen LogP contribution >= 0.6 is 11.3 Å². The van der Waals surface area contributed by atoms with Crippen molar-refractivity contribution in [1.29, 1.82) is 0 Å². The Bertz CT molecular complexity index is 1070. The number of hydrogen-bond acceptors (Lipinski definition) is 6. The second-order valence-corrected chi connectivity index (χ2v) is 10.4. The number of aryl methyl sites for hydroxylation is 2. The van der Waals surface area contributed by atoms with Gasteiger partial charge in [-0.15, -0.1) is 11.3 Å². The number of carbonyl (C=O) groups excluding carboxylic acids is 2. The molecular weight excluding hydrogens is 410 g/mol. The molecule has 0 bridgehead atoms. The molecule has 6 nitrogen and oxygen atoms in total. The largest absolute Gasteiger partial charge is 0.454 e. The fourth-order valence-electron chi connectivity index (χ4n) is 4.04. The number of ketones is 1. The van der Waals surface area contributed by atoms with Crippen molar-refractivity contribution in [2.24, 2.45) is 0 Å². The fourth-order valence-corrected chi connectivity index (χ4v) is 6.15. The summed E-state index contributed by atoms with van der Waals surface area (Å²) in [5, 5.41) is 1.83. The molecule has 154 valence electrons. The van der Waals surface area contributed by atoms with Crippen LogP contribution in [-0.2, 0) is 34.0 Å². The van der Waals surface area contributed by atoms with Crippen LogP contribution in [0.1, 0.15) is 56.0 Å². The summed E-state index contributed by atoms with van der Waals surface area (Å²) in [5.41, 5.74) is 3.54.